The van der Waals surface area contributed by atoms with Crippen LogP contribution < -0.4 is 11.1 Å². The second-order valence-corrected chi connectivity index (χ2v) is 4.40. The average Bonchev–Trinajstić information content (AvgIpc) is 2.84. The Morgan fingerprint density at radius 3 is 3.00 bits per heavy atom. The van der Waals surface area contributed by atoms with Crippen LogP contribution in [0.15, 0.2) is 6.20 Å². The topological polar surface area (TPSA) is 85.8 Å². The highest BCUT2D eigenvalue weighted by atomic mass is 16.2. The first-order valence-electron chi connectivity index (χ1n) is 6.57. The predicted octanol–water partition coefficient (Wildman–Crippen LogP) is 0.647. The van der Waals surface area contributed by atoms with Crippen molar-refractivity contribution in [3.05, 3.63) is 11.9 Å². The van der Waals surface area contributed by atoms with Crippen LogP contribution in [0.5, 0.6) is 0 Å². The molecule has 0 saturated heterocycles. The molecule has 102 valence electrons. The van der Waals surface area contributed by atoms with Gasteiger partial charge in [0.15, 0.2) is 0 Å². The highest BCUT2D eigenvalue weighted by Gasteiger charge is 2.15. The smallest absolute Gasteiger partial charge is 0.244 e. The van der Waals surface area contributed by atoms with Crippen molar-refractivity contribution in [1.82, 2.24) is 20.3 Å². The fourth-order valence-electron chi connectivity index (χ4n) is 1.56. The third-order valence-electron chi connectivity index (χ3n) is 2.80. The fraction of sp³-hybridized carbons (Fsp3) is 0.750. The lowest BCUT2D eigenvalue weighted by molar-refractivity contribution is -0.124. The SMILES string of the molecule is CCCCNC(=O)C(C)n1cc(CCCN)nn1. The minimum absolute atomic E-state index is 0.0151. The van der Waals surface area contributed by atoms with E-state index < -0.39 is 0 Å². The van der Waals surface area contributed by atoms with Gasteiger partial charge in [-0.1, -0.05) is 18.6 Å². The van der Waals surface area contributed by atoms with E-state index in [0.717, 1.165) is 31.4 Å². The number of carbonyl (C=O) groups is 1. The minimum Gasteiger partial charge on any atom is -0.354 e. The molecule has 6 heteroatoms. The number of nitrogens with two attached hydrogens (primary N) is 1. The Labute approximate surface area is 108 Å². The molecule has 1 atom stereocenters. The van der Waals surface area contributed by atoms with Gasteiger partial charge in [-0.2, -0.15) is 0 Å². The lowest BCUT2D eigenvalue weighted by atomic mass is 10.2. The standard InChI is InChI=1S/C12H23N5O/c1-3-4-8-14-12(18)10(2)17-9-11(15-16-17)6-5-7-13/h9-10H,3-8,13H2,1-2H3,(H,14,18). The molecule has 1 heterocycles. The number of hydrogen-bond acceptors (Lipinski definition) is 4. The molecule has 0 spiro atoms. The van der Waals surface area contributed by atoms with Gasteiger partial charge in [-0.25, -0.2) is 4.68 Å². The lowest BCUT2D eigenvalue weighted by Gasteiger charge is -2.11. The van der Waals surface area contributed by atoms with Gasteiger partial charge in [-0.05, 0) is 32.7 Å². The summed E-state index contributed by atoms with van der Waals surface area (Å²) in [6.07, 6.45) is 5.58. The zero-order valence-corrected chi connectivity index (χ0v) is 11.2. The Morgan fingerprint density at radius 1 is 1.56 bits per heavy atom. The van der Waals surface area contributed by atoms with E-state index >= 15 is 0 Å². The minimum atomic E-state index is -0.319. The van der Waals surface area contributed by atoms with E-state index in [0.29, 0.717) is 13.1 Å². The third-order valence-corrected chi connectivity index (χ3v) is 2.80. The van der Waals surface area contributed by atoms with E-state index in [9.17, 15) is 4.79 Å². The van der Waals surface area contributed by atoms with Crippen LogP contribution in [0.3, 0.4) is 0 Å². The molecule has 0 fully saturated rings. The van der Waals surface area contributed by atoms with Gasteiger partial charge >= 0.3 is 0 Å². The summed E-state index contributed by atoms with van der Waals surface area (Å²) >= 11 is 0. The maximum atomic E-state index is 11.8. The first-order chi connectivity index (χ1) is 8.69. The molecule has 1 aromatic rings. The van der Waals surface area contributed by atoms with Crippen molar-refractivity contribution in [2.24, 2.45) is 5.73 Å². The number of aryl methyl sites for hydroxylation is 1. The Morgan fingerprint density at radius 2 is 2.33 bits per heavy atom. The zero-order chi connectivity index (χ0) is 13.4. The number of carbonyl (C=O) groups excluding carboxylic acids is 1. The van der Waals surface area contributed by atoms with Gasteiger partial charge in [0.25, 0.3) is 0 Å². The highest BCUT2D eigenvalue weighted by molar-refractivity contribution is 5.79. The number of aromatic nitrogens is 3. The zero-order valence-electron chi connectivity index (χ0n) is 11.2. The highest BCUT2D eigenvalue weighted by Crippen LogP contribution is 2.06. The number of rotatable bonds is 8. The van der Waals surface area contributed by atoms with E-state index in [1.165, 1.54) is 0 Å². The van der Waals surface area contributed by atoms with E-state index in [2.05, 4.69) is 22.6 Å². The van der Waals surface area contributed by atoms with E-state index in [1.54, 1.807) is 4.68 Å². The average molecular weight is 253 g/mol. The molecule has 3 N–H and O–H groups in total. The van der Waals surface area contributed by atoms with Crippen molar-refractivity contribution in [3.8, 4) is 0 Å². The summed E-state index contributed by atoms with van der Waals surface area (Å²) in [7, 11) is 0. The van der Waals surface area contributed by atoms with Crippen molar-refractivity contribution in [3.63, 3.8) is 0 Å². The van der Waals surface area contributed by atoms with Crippen LogP contribution in [0.25, 0.3) is 0 Å². The molecule has 18 heavy (non-hydrogen) atoms. The molecular weight excluding hydrogens is 230 g/mol. The molecule has 6 nitrogen and oxygen atoms in total. The molecule has 0 saturated carbocycles. The van der Waals surface area contributed by atoms with Gasteiger partial charge in [0.1, 0.15) is 6.04 Å². The molecule has 1 aromatic heterocycles. The third kappa shape index (κ3) is 4.44. The molecule has 1 rings (SSSR count). The van der Waals surface area contributed by atoms with Gasteiger partial charge in [0.2, 0.25) is 5.91 Å². The summed E-state index contributed by atoms with van der Waals surface area (Å²) in [6, 6.07) is -0.319. The van der Waals surface area contributed by atoms with Gasteiger partial charge < -0.3 is 11.1 Å². The summed E-state index contributed by atoms with van der Waals surface area (Å²) in [5.41, 5.74) is 6.32. The number of nitrogens with one attached hydrogen (secondary N) is 1. The maximum Gasteiger partial charge on any atom is 0.244 e. The van der Waals surface area contributed by atoms with Gasteiger partial charge in [-0.3, -0.25) is 4.79 Å². The molecule has 0 aliphatic rings. The van der Waals surface area contributed by atoms with Crippen molar-refractivity contribution in [2.75, 3.05) is 13.1 Å². The number of unbranched alkanes of at least 4 members (excludes halogenated alkanes) is 1. The fourth-order valence-corrected chi connectivity index (χ4v) is 1.56. The van der Waals surface area contributed by atoms with Crippen LogP contribution in [0, 0.1) is 0 Å². The van der Waals surface area contributed by atoms with Crippen molar-refractivity contribution >= 4 is 5.91 Å². The monoisotopic (exact) mass is 253 g/mol. The second-order valence-electron chi connectivity index (χ2n) is 4.40. The Bertz CT molecular complexity index is 363. The van der Waals surface area contributed by atoms with Gasteiger partial charge in [0.05, 0.1) is 5.69 Å². The molecule has 1 unspecified atom stereocenters. The molecular formula is C12H23N5O. The molecule has 0 aliphatic heterocycles. The predicted molar refractivity (Wildman–Crippen MR) is 70.0 cm³/mol. The molecule has 0 bridgehead atoms. The summed E-state index contributed by atoms with van der Waals surface area (Å²) in [5, 5.41) is 10.9. The number of hydrogen-bond donors (Lipinski definition) is 2. The van der Waals surface area contributed by atoms with Crippen LogP contribution in [-0.2, 0) is 11.2 Å². The van der Waals surface area contributed by atoms with Crippen LogP contribution in [-0.4, -0.2) is 34.0 Å². The van der Waals surface area contributed by atoms with Crippen LogP contribution in [0.1, 0.15) is 44.8 Å². The first-order valence-corrected chi connectivity index (χ1v) is 6.57. The second kappa shape index (κ2) is 7.81. The summed E-state index contributed by atoms with van der Waals surface area (Å²) in [5.74, 6) is -0.0151. The molecule has 1 amide bonds. The number of nitrogens with zero attached hydrogens (tertiary/aromatic N) is 3. The van der Waals surface area contributed by atoms with Crippen molar-refractivity contribution in [1.29, 1.82) is 0 Å². The quantitative estimate of drug-likeness (QED) is 0.666. The summed E-state index contributed by atoms with van der Waals surface area (Å²) in [6.45, 7) is 5.27. The Kier molecular flexibility index (Phi) is 6.35. The van der Waals surface area contributed by atoms with E-state index in [1.807, 2.05) is 13.1 Å². The molecule has 0 aliphatic carbocycles. The van der Waals surface area contributed by atoms with Gasteiger partial charge in [0, 0.05) is 12.7 Å². The summed E-state index contributed by atoms with van der Waals surface area (Å²) < 4.78 is 1.60. The van der Waals surface area contributed by atoms with Crippen molar-refractivity contribution < 1.29 is 4.79 Å². The molecule has 0 aromatic carbocycles. The number of amides is 1. The summed E-state index contributed by atoms with van der Waals surface area (Å²) in [4.78, 5) is 11.8. The molecule has 0 radical (unpaired) electrons. The van der Waals surface area contributed by atoms with Crippen LogP contribution >= 0.6 is 0 Å². The van der Waals surface area contributed by atoms with E-state index in [4.69, 9.17) is 5.73 Å². The normalized spacial score (nSPS) is 12.4. The van der Waals surface area contributed by atoms with Gasteiger partial charge in [-0.15, -0.1) is 5.10 Å². The Hall–Kier alpha value is -1.43. The van der Waals surface area contributed by atoms with Crippen molar-refractivity contribution in [2.45, 2.75) is 45.6 Å². The van der Waals surface area contributed by atoms with E-state index in [-0.39, 0.29) is 11.9 Å². The Balaban J connectivity index is 2.47. The lowest BCUT2D eigenvalue weighted by Crippen LogP contribution is -2.31. The first kappa shape index (κ1) is 14.6. The van der Waals surface area contributed by atoms with Crippen LogP contribution in [0.2, 0.25) is 0 Å². The largest absolute Gasteiger partial charge is 0.354 e. The van der Waals surface area contributed by atoms with Crippen LogP contribution in [0.4, 0.5) is 0 Å². The maximum absolute atomic E-state index is 11.8.